The van der Waals surface area contributed by atoms with E-state index in [0.29, 0.717) is 12.8 Å². The zero-order chi connectivity index (χ0) is 13.8. The van der Waals surface area contributed by atoms with E-state index in [9.17, 15) is 13.6 Å². The number of alkyl halides is 1. The molecule has 0 fully saturated rings. The van der Waals surface area contributed by atoms with E-state index >= 15 is 0 Å². The maximum Gasteiger partial charge on any atom is 0.254 e. The zero-order valence-electron chi connectivity index (χ0n) is 10.4. The summed E-state index contributed by atoms with van der Waals surface area (Å²) in [6.07, 6.45) is 1.42. The van der Waals surface area contributed by atoms with E-state index < -0.39 is 23.1 Å². The second kappa shape index (κ2) is 6.27. The molecule has 1 atom stereocenters. The molecule has 1 N–H and O–H groups in total. The first-order chi connectivity index (χ1) is 8.41. The van der Waals surface area contributed by atoms with Crippen LogP contribution in [0.4, 0.5) is 8.78 Å². The number of hydrogen-bond acceptors (Lipinski definition) is 1. The summed E-state index contributed by atoms with van der Waals surface area (Å²) in [5, 5.41) is 3.48. The van der Waals surface area contributed by atoms with Gasteiger partial charge in [-0.25, -0.2) is 8.78 Å². The molecule has 0 saturated heterocycles. The zero-order valence-corrected chi connectivity index (χ0v) is 12.0. The van der Waals surface area contributed by atoms with Gasteiger partial charge in [0.25, 0.3) is 5.91 Å². The second-order valence-corrected chi connectivity index (χ2v) is 5.22. The van der Waals surface area contributed by atoms with Crippen LogP contribution in [0.1, 0.15) is 37.0 Å². The van der Waals surface area contributed by atoms with Gasteiger partial charge in [-0.2, -0.15) is 0 Å². The van der Waals surface area contributed by atoms with Gasteiger partial charge < -0.3 is 5.32 Å². The molecule has 1 amide bonds. The Hall–Kier alpha value is -0.970. The Morgan fingerprint density at radius 1 is 1.44 bits per heavy atom. The minimum absolute atomic E-state index is 0.260. The van der Waals surface area contributed by atoms with Crippen LogP contribution in [0.15, 0.2) is 18.2 Å². The lowest BCUT2D eigenvalue weighted by molar-refractivity contribution is 0.0897. The van der Waals surface area contributed by atoms with E-state index in [-0.39, 0.29) is 5.56 Å². The van der Waals surface area contributed by atoms with Crippen LogP contribution >= 0.6 is 15.9 Å². The van der Waals surface area contributed by atoms with Crippen molar-refractivity contribution in [2.75, 3.05) is 5.33 Å². The van der Waals surface area contributed by atoms with Crippen molar-refractivity contribution in [1.29, 1.82) is 0 Å². The van der Waals surface area contributed by atoms with Gasteiger partial charge in [0.2, 0.25) is 0 Å². The first-order valence-corrected chi connectivity index (χ1v) is 6.87. The lowest BCUT2D eigenvalue weighted by Crippen LogP contribution is -2.46. The number of halogens is 3. The highest BCUT2D eigenvalue weighted by atomic mass is 79.9. The van der Waals surface area contributed by atoms with Crippen LogP contribution in [-0.4, -0.2) is 16.8 Å². The van der Waals surface area contributed by atoms with Crippen molar-refractivity contribution < 1.29 is 13.6 Å². The van der Waals surface area contributed by atoms with E-state index in [2.05, 4.69) is 21.2 Å². The van der Waals surface area contributed by atoms with Gasteiger partial charge in [-0.05, 0) is 38.0 Å². The average Bonchev–Trinajstić information content (AvgIpc) is 2.32. The average molecular weight is 320 g/mol. The summed E-state index contributed by atoms with van der Waals surface area (Å²) >= 11 is 3.31. The lowest BCUT2D eigenvalue weighted by atomic mass is 9.95. The maximum absolute atomic E-state index is 13.4. The molecule has 0 aliphatic carbocycles. The van der Waals surface area contributed by atoms with E-state index in [1.54, 1.807) is 0 Å². The first kappa shape index (κ1) is 15.1. The summed E-state index contributed by atoms with van der Waals surface area (Å²) in [5.74, 6) is -1.93. The van der Waals surface area contributed by atoms with Crippen LogP contribution in [0.25, 0.3) is 0 Å². The number of rotatable bonds is 5. The fourth-order valence-corrected chi connectivity index (χ4v) is 2.42. The summed E-state index contributed by atoms with van der Waals surface area (Å²) in [6, 6.07) is 2.86. The molecule has 1 rings (SSSR count). The molecular formula is C13H16BrF2NO. The first-order valence-electron chi connectivity index (χ1n) is 5.75. The highest BCUT2D eigenvalue weighted by Crippen LogP contribution is 2.18. The SMILES string of the molecule is CCC(C)(CCBr)NC(=O)c1cc(F)ccc1F. The van der Waals surface area contributed by atoms with Crippen LogP contribution in [0.2, 0.25) is 0 Å². The summed E-state index contributed by atoms with van der Waals surface area (Å²) in [5.41, 5.74) is -0.691. The number of amides is 1. The van der Waals surface area contributed by atoms with Gasteiger partial charge in [0, 0.05) is 10.9 Å². The molecule has 1 aromatic rings. The highest BCUT2D eigenvalue weighted by molar-refractivity contribution is 9.09. The molecule has 18 heavy (non-hydrogen) atoms. The van der Waals surface area contributed by atoms with Crippen molar-refractivity contribution in [3.05, 3.63) is 35.4 Å². The fourth-order valence-electron chi connectivity index (χ4n) is 1.55. The number of nitrogens with one attached hydrogen (secondary N) is 1. The summed E-state index contributed by atoms with van der Waals surface area (Å²) in [4.78, 5) is 11.9. The second-order valence-electron chi connectivity index (χ2n) is 4.43. The maximum atomic E-state index is 13.4. The fraction of sp³-hybridized carbons (Fsp3) is 0.462. The highest BCUT2D eigenvalue weighted by Gasteiger charge is 2.25. The van der Waals surface area contributed by atoms with Gasteiger partial charge in [-0.15, -0.1) is 0 Å². The molecule has 1 aromatic carbocycles. The van der Waals surface area contributed by atoms with E-state index in [0.717, 1.165) is 23.5 Å². The third kappa shape index (κ3) is 3.77. The Balaban J connectivity index is 2.90. The minimum atomic E-state index is -0.716. The number of carbonyl (C=O) groups is 1. The summed E-state index contributed by atoms with van der Waals surface area (Å²) in [6.45, 7) is 3.81. The van der Waals surface area contributed by atoms with Crippen molar-refractivity contribution in [2.45, 2.75) is 32.2 Å². The van der Waals surface area contributed by atoms with E-state index in [1.807, 2.05) is 13.8 Å². The Labute approximate surface area is 114 Å². The molecule has 0 spiro atoms. The quantitative estimate of drug-likeness (QED) is 0.825. The van der Waals surface area contributed by atoms with Crippen LogP contribution in [0.5, 0.6) is 0 Å². The van der Waals surface area contributed by atoms with Gasteiger partial charge in [0.15, 0.2) is 0 Å². The van der Waals surface area contributed by atoms with Crippen LogP contribution < -0.4 is 5.32 Å². The molecule has 0 aliphatic rings. The van der Waals surface area contributed by atoms with Gasteiger partial charge >= 0.3 is 0 Å². The summed E-state index contributed by atoms with van der Waals surface area (Å²) < 4.78 is 26.5. The monoisotopic (exact) mass is 319 g/mol. The largest absolute Gasteiger partial charge is 0.347 e. The Morgan fingerprint density at radius 3 is 2.67 bits per heavy atom. The van der Waals surface area contributed by atoms with Crippen molar-refractivity contribution in [1.82, 2.24) is 5.32 Å². The molecule has 100 valence electrons. The van der Waals surface area contributed by atoms with Gasteiger partial charge in [0.1, 0.15) is 11.6 Å². The third-order valence-corrected chi connectivity index (χ3v) is 3.41. The normalized spacial score (nSPS) is 14.1. The third-order valence-electron chi connectivity index (χ3n) is 3.01. The van der Waals surface area contributed by atoms with Gasteiger partial charge in [-0.3, -0.25) is 4.79 Å². The molecular weight excluding hydrogens is 304 g/mol. The molecule has 1 unspecified atom stereocenters. The Morgan fingerprint density at radius 2 is 2.11 bits per heavy atom. The standard InChI is InChI=1S/C13H16BrF2NO/c1-3-13(2,6-7-14)17-12(18)10-8-9(15)4-5-11(10)16/h4-5,8H,3,6-7H2,1-2H3,(H,17,18). The topological polar surface area (TPSA) is 29.1 Å². The number of hydrogen-bond donors (Lipinski definition) is 1. The Bertz CT molecular complexity index is 439. The molecule has 0 heterocycles. The Kier molecular flexibility index (Phi) is 5.26. The molecule has 2 nitrogen and oxygen atoms in total. The predicted octanol–water partition coefficient (Wildman–Crippen LogP) is 3.65. The predicted molar refractivity (Wildman–Crippen MR) is 70.9 cm³/mol. The molecule has 0 aromatic heterocycles. The van der Waals surface area contributed by atoms with Crippen molar-refractivity contribution in [3.63, 3.8) is 0 Å². The van der Waals surface area contributed by atoms with Crippen molar-refractivity contribution in [2.24, 2.45) is 0 Å². The minimum Gasteiger partial charge on any atom is -0.347 e. The van der Waals surface area contributed by atoms with E-state index in [4.69, 9.17) is 0 Å². The smallest absolute Gasteiger partial charge is 0.254 e. The summed E-state index contributed by atoms with van der Waals surface area (Å²) in [7, 11) is 0. The van der Waals surface area contributed by atoms with Crippen LogP contribution in [0, 0.1) is 11.6 Å². The number of carbonyl (C=O) groups excluding carboxylic acids is 1. The van der Waals surface area contributed by atoms with Gasteiger partial charge in [-0.1, -0.05) is 22.9 Å². The van der Waals surface area contributed by atoms with Crippen LogP contribution in [0.3, 0.4) is 0 Å². The van der Waals surface area contributed by atoms with Crippen molar-refractivity contribution in [3.8, 4) is 0 Å². The molecule has 0 bridgehead atoms. The molecule has 5 heteroatoms. The van der Waals surface area contributed by atoms with Gasteiger partial charge in [0.05, 0.1) is 5.56 Å². The lowest BCUT2D eigenvalue weighted by Gasteiger charge is -2.29. The van der Waals surface area contributed by atoms with Crippen LogP contribution in [-0.2, 0) is 0 Å². The van der Waals surface area contributed by atoms with E-state index in [1.165, 1.54) is 0 Å². The molecule has 0 aliphatic heterocycles. The number of benzene rings is 1. The molecule has 0 saturated carbocycles. The van der Waals surface area contributed by atoms with Crippen molar-refractivity contribution >= 4 is 21.8 Å². The molecule has 0 radical (unpaired) electrons.